The molecule has 1 fully saturated rings. The highest BCUT2D eigenvalue weighted by atomic mass is 16.5. The molecule has 144 valence electrons. The molecule has 0 bridgehead atoms. The smallest absolute Gasteiger partial charge is 0.311 e. The third kappa shape index (κ3) is 4.43. The van der Waals surface area contributed by atoms with E-state index in [2.05, 4.69) is 0 Å². The van der Waals surface area contributed by atoms with Gasteiger partial charge in [0, 0.05) is 11.8 Å². The summed E-state index contributed by atoms with van der Waals surface area (Å²) in [4.78, 5) is 23.0. The fourth-order valence-electron chi connectivity index (χ4n) is 3.72. The van der Waals surface area contributed by atoms with E-state index >= 15 is 0 Å². The van der Waals surface area contributed by atoms with Crippen molar-refractivity contribution in [3.05, 3.63) is 35.9 Å². The van der Waals surface area contributed by atoms with Crippen LogP contribution in [-0.2, 0) is 25.7 Å². The molecule has 0 aromatic heterocycles. The molecule has 26 heavy (non-hydrogen) atoms. The molecule has 2 N–H and O–H groups in total. The maximum Gasteiger partial charge on any atom is 0.311 e. The van der Waals surface area contributed by atoms with Gasteiger partial charge in [-0.2, -0.15) is 0 Å². The average Bonchev–Trinajstić information content (AvgIpc) is 2.57. The second kappa shape index (κ2) is 8.18. The number of carboxylic acids is 2. The van der Waals surface area contributed by atoms with Crippen molar-refractivity contribution in [3.8, 4) is 0 Å². The van der Waals surface area contributed by atoms with Gasteiger partial charge < -0.3 is 19.7 Å². The maximum absolute atomic E-state index is 11.7. The maximum atomic E-state index is 11.7. The molecule has 1 aromatic rings. The number of benzene rings is 1. The topological polar surface area (TPSA) is 93.1 Å². The van der Waals surface area contributed by atoms with Crippen LogP contribution >= 0.6 is 0 Å². The molecule has 0 amide bonds. The zero-order valence-electron chi connectivity index (χ0n) is 15.7. The molecule has 2 rings (SSSR count). The van der Waals surface area contributed by atoms with Gasteiger partial charge in [-0.3, -0.25) is 9.59 Å². The van der Waals surface area contributed by atoms with Gasteiger partial charge in [0.05, 0.1) is 36.8 Å². The Morgan fingerprint density at radius 2 is 1.73 bits per heavy atom. The van der Waals surface area contributed by atoms with Crippen molar-refractivity contribution in [1.82, 2.24) is 0 Å². The van der Waals surface area contributed by atoms with Crippen LogP contribution in [0.15, 0.2) is 30.3 Å². The first kappa shape index (κ1) is 20.4. The van der Waals surface area contributed by atoms with E-state index in [0.717, 1.165) is 5.56 Å². The summed E-state index contributed by atoms with van der Waals surface area (Å²) in [5.74, 6) is -2.29. The monoisotopic (exact) mass is 364 g/mol. The quantitative estimate of drug-likeness (QED) is 0.772. The van der Waals surface area contributed by atoms with Crippen LogP contribution in [0.4, 0.5) is 0 Å². The van der Waals surface area contributed by atoms with Crippen LogP contribution in [0.5, 0.6) is 0 Å². The van der Waals surface area contributed by atoms with Gasteiger partial charge in [0.1, 0.15) is 0 Å². The van der Waals surface area contributed by atoms with Crippen LogP contribution in [0.2, 0.25) is 0 Å². The first-order chi connectivity index (χ1) is 12.1. The predicted molar refractivity (Wildman–Crippen MR) is 95.7 cm³/mol. The molecule has 6 heteroatoms. The Kier molecular flexibility index (Phi) is 6.42. The fourth-order valence-corrected chi connectivity index (χ4v) is 3.72. The van der Waals surface area contributed by atoms with Crippen molar-refractivity contribution in [1.29, 1.82) is 0 Å². The Morgan fingerprint density at radius 1 is 1.12 bits per heavy atom. The highest BCUT2D eigenvalue weighted by molar-refractivity contribution is 5.74. The Morgan fingerprint density at radius 3 is 2.27 bits per heavy atom. The first-order valence-corrected chi connectivity index (χ1v) is 8.90. The van der Waals surface area contributed by atoms with Crippen LogP contribution < -0.4 is 0 Å². The third-order valence-corrected chi connectivity index (χ3v) is 5.35. The largest absolute Gasteiger partial charge is 0.481 e. The lowest BCUT2D eigenvalue weighted by Gasteiger charge is -2.48. The van der Waals surface area contributed by atoms with Gasteiger partial charge in [0.15, 0.2) is 0 Å². The molecule has 0 spiro atoms. The van der Waals surface area contributed by atoms with Crippen molar-refractivity contribution < 1.29 is 29.3 Å². The van der Waals surface area contributed by atoms with Crippen LogP contribution in [-0.4, -0.2) is 40.5 Å². The van der Waals surface area contributed by atoms with Gasteiger partial charge in [0.25, 0.3) is 0 Å². The summed E-state index contributed by atoms with van der Waals surface area (Å²) in [5.41, 5.74) is -0.132. The number of hydrogen-bond acceptors (Lipinski definition) is 4. The number of hydrogen-bond donors (Lipinski definition) is 2. The summed E-state index contributed by atoms with van der Waals surface area (Å²) in [6, 6.07) is 9.71. The van der Waals surface area contributed by atoms with Gasteiger partial charge >= 0.3 is 11.9 Å². The Labute approximate surface area is 154 Å². The summed E-state index contributed by atoms with van der Waals surface area (Å²) in [6.45, 7) is 7.43. The van der Waals surface area contributed by atoms with E-state index in [1.165, 1.54) is 0 Å². The van der Waals surface area contributed by atoms with E-state index in [-0.39, 0.29) is 24.4 Å². The Hall–Kier alpha value is -1.92. The fraction of sp³-hybridized carbons (Fsp3) is 0.600. The highest BCUT2D eigenvalue weighted by Crippen LogP contribution is 2.41. The lowest BCUT2D eigenvalue weighted by Crippen LogP contribution is -2.56. The van der Waals surface area contributed by atoms with E-state index in [9.17, 15) is 19.8 Å². The Balaban J connectivity index is 2.24. The van der Waals surface area contributed by atoms with Gasteiger partial charge in [-0.25, -0.2) is 0 Å². The van der Waals surface area contributed by atoms with Crippen molar-refractivity contribution in [3.63, 3.8) is 0 Å². The normalized spacial score (nSPS) is 29.3. The molecule has 1 saturated heterocycles. The van der Waals surface area contributed by atoms with Crippen molar-refractivity contribution >= 4 is 11.9 Å². The van der Waals surface area contributed by atoms with E-state index < -0.39 is 29.6 Å². The number of carboxylic acid groups (broad SMARTS) is 2. The second-order valence-corrected chi connectivity index (χ2v) is 7.70. The van der Waals surface area contributed by atoms with Crippen LogP contribution in [0.25, 0.3) is 0 Å². The minimum atomic E-state index is -1.15. The van der Waals surface area contributed by atoms with Crippen molar-refractivity contribution in [2.75, 3.05) is 0 Å². The van der Waals surface area contributed by atoms with Crippen LogP contribution in [0.1, 0.15) is 39.7 Å². The summed E-state index contributed by atoms with van der Waals surface area (Å²) in [7, 11) is 0. The molecule has 0 radical (unpaired) electrons. The van der Waals surface area contributed by atoms with Gasteiger partial charge in [0.2, 0.25) is 0 Å². The first-order valence-electron chi connectivity index (χ1n) is 8.90. The molecule has 1 heterocycles. The third-order valence-electron chi connectivity index (χ3n) is 5.35. The SMILES string of the molecule is C[C@@H]1[C@H](OCc2ccccc2)[C@H](C)[C@@H](C(C)(C)C(=O)O)O[C@@H]1CC(=O)O. The lowest BCUT2D eigenvalue weighted by molar-refractivity contribution is -0.220. The molecule has 1 aliphatic heterocycles. The minimum absolute atomic E-state index is 0.161. The second-order valence-electron chi connectivity index (χ2n) is 7.70. The van der Waals surface area contributed by atoms with Crippen LogP contribution in [0.3, 0.4) is 0 Å². The summed E-state index contributed by atoms with van der Waals surface area (Å²) in [6.07, 6.45) is -1.70. The van der Waals surface area contributed by atoms with Crippen molar-refractivity contribution in [2.45, 2.75) is 59.0 Å². The average molecular weight is 364 g/mol. The van der Waals surface area contributed by atoms with Crippen molar-refractivity contribution in [2.24, 2.45) is 17.3 Å². The van der Waals surface area contributed by atoms with E-state index in [1.807, 2.05) is 44.2 Å². The standard InChI is InChI=1S/C20H28O6/c1-12-15(10-16(21)22)26-18(20(3,4)19(23)24)13(2)17(12)25-11-14-8-6-5-7-9-14/h5-9,12-13,15,17-18H,10-11H2,1-4H3,(H,21,22)(H,23,24)/t12-,13-,15+,17-,18-/m0/s1. The number of carbonyl (C=O) groups is 2. The van der Waals surface area contributed by atoms with Gasteiger partial charge in [-0.05, 0) is 19.4 Å². The molecular formula is C20H28O6. The molecule has 5 atom stereocenters. The summed E-state index contributed by atoms with van der Waals surface area (Å²) >= 11 is 0. The predicted octanol–water partition coefficient (Wildman–Crippen LogP) is 3.20. The Bertz CT molecular complexity index is 626. The molecule has 1 aromatic carbocycles. The molecule has 6 nitrogen and oxygen atoms in total. The van der Waals surface area contributed by atoms with Gasteiger partial charge in [-0.15, -0.1) is 0 Å². The molecule has 1 aliphatic rings. The number of rotatable bonds is 7. The number of ether oxygens (including phenoxy) is 2. The molecule has 0 unspecified atom stereocenters. The van der Waals surface area contributed by atoms with E-state index in [0.29, 0.717) is 6.61 Å². The summed E-state index contributed by atoms with van der Waals surface area (Å²) < 4.78 is 12.1. The van der Waals surface area contributed by atoms with Gasteiger partial charge in [-0.1, -0.05) is 44.2 Å². The minimum Gasteiger partial charge on any atom is -0.481 e. The van der Waals surface area contributed by atoms with E-state index in [1.54, 1.807) is 13.8 Å². The zero-order valence-corrected chi connectivity index (χ0v) is 15.7. The van der Waals surface area contributed by atoms with Crippen LogP contribution in [0, 0.1) is 17.3 Å². The molecule has 0 saturated carbocycles. The van der Waals surface area contributed by atoms with E-state index in [4.69, 9.17) is 9.47 Å². The summed E-state index contributed by atoms with van der Waals surface area (Å²) in [5, 5.41) is 18.8. The zero-order chi connectivity index (χ0) is 19.5. The number of aliphatic carboxylic acids is 2. The highest BCUT2D eigenvalue weighted by Gasteiger charge is 2.51. The molecular weight excluding hydrogens is 336 g/mol. The lowest BCUT2D eigenvalue weighted by atomic mass is 9.72. The molecule has 0 aliphatic carbocycles.